The minimum absolute atomic E-state index is 0.0841. The van der Waals surface area contributed by atoms with E-state index in [1.807, 2.05) is 24.3 Å². The van der Waals surface area contributed by atoms with Crippen molar-refractivity contribution in [1.82, 2.24) is 9.97 Å². The lowest BCUT2D eigenvalue weighted by atomic mass is 10.1. The second-order valence-electron chi connectivity index (χ2n) is 6.24. The summed E-state index contributed by atoms with van der Waals surface area (Å²) in [4.78, 5) is 18.4. The molecule has 2 N–H and O–H groups in total. The number of hydrogen-bond donors (Lipinski definition) is 2. The first kappa shape index (κ1) is 20.2. The first-order valence-corrected chi connectivity index (χ1v) is 8.94. The van der Waals surface area contributed by atoms with Crippen LogP contribution < -0.4 is 10.6 Å². The van der Waals surface area contributed by atoms with E-state index in [2.05, 4.69) is 20.6 Å². The molecule has 8 nitrogen and oxygen atoms in total. The van der Waals surface area contributed by atoms with Crippen LogP contribution in [-0.4, -0.2) is 28.6 Å². The fraction of sp³-hybridized carbons (Fsp3) is 0.200. The molecule has 150 valence electrons. The molecule has 0 saturated heterocycles. The molecule has 0 saturated carbocycles. The lowest BCUT2D eigenvalue weighted by molar-refractivity contribution is -0.384. The number of nitro benzene ring substituents is 1. The Morgan fingerprint density at radius 3 is 2.66 bits per heavy atom. The number of methoxy groups -OCH3 is 1. The van der Waals surface area contributed by atoms with Gasteiger partial charge in [-0.3, -0.25) is 10.1 Å². The number of aromatic nitrogens is 2. The predicted octanol–water partition coefficient (Wildman–Crippen LogP) is 4.59. The molecule has 9 heteroatoms. The topological polar surface area (TPSA) is 102 Å². The van der Waals surface area contributed by atoms with Gasteiger partial charge in [-0.05, 0) is 36.6 Å². The Morgan fingerprint density at radius 2 is 1.93 bits per heavy atom. The zero-order valence-corrected chi connectivity index (χ0v) is 15.8. The van der Waals surface area contributed by atoms with Gasteiger partial charge in [-0.2, -0.15) is 4.98 Å². The quantitative estimate of drug-likeness (QED) is 0.309. The number of rotatable bonds is 9. The highest BCUT2D eigenvalue weighted by molar-refractivity contribution is 5.62. The van der Waals surface area contributed by atoms with Crippen LogP contribution in [0.3, 0.4) is 0 Å². The molecule has 1 heterocycles. The van der Waals surface area contributed by atoms with Crippen molar-refractivity contribution in [2.24, 2.45) is 0 Å². The highest BCUT2D eigenvalue weighted by Gasteiger charge is 2.11. The fourth-order valence-electron chi connectivity index (χ4n) is 2.65. The lowest BCUT2D eigenvalue weighted by Crippen LogP contribution is -2.03. The summed E-state index contributed by atoms with van der Waals surface area (Å²) in [7, 11) is 1.68. The van der Waals surface area contributed by atoms with Crippen LogP contribution in [0.25, 0.3) is 0 Å². The van der Waals surface area contributed by atoms with E-state index in [1.165, 1.54) is 23.8 Å². The SMILES string of the molecule is COCCCc1ccc(Nc2ncc(F)c(Nc3cccc([N+](=O)[O-])c3)n2)cc1. The first-order valence-electron chi connectivity index (χ1n) is 8.94. The third kappa shape index (κ3) is 5.69. The molecule has 0 aliphatic heterocycles. The summed E-state index contributed by atoms with van der Waals surface area (Å²) in [5.74, 6) is -0.554. The normalized spacial score (nSPS) is 10.6. The standard InChI is InChI=1S/C20H20FN5O3/c1-29-11-3-4-14-7-9-15(10-8-14)24-20-22-13-18(21)19(25-20)23-16-5-2-6-17(12-16)26(27)28/h2,5-10,12-13H,3-4,11H2,1H3,(H2,22,23,24,25). The average Bonchev–Trinajstić information content (AvgIpc) is 2.72. The minimum atomic E-state index is -0.671. The van der Waals surface area contributed by atoms with Crippen molar-refractivity contribution in [3.05, 3.63) is 76.2 Å². The summed E-state index contributed by atoms with van der Waals surface area (Å²) in [6, 6.07) is 13.5. The van der Waals surface area contributed by atoms with Crippen molar-refractivity contribution in [3.8, 4) is 0 Å². The first-order chi connectivity index (χ1) is 14.0. The van der Waals surface area contributed by atoms with Gasteiger partial charge in [-0.25, -0.2) is 9.37 Å². The number of nitrogens with one attached hydrogen (secondary N) is 2. The predicted molar refractivity (Wildman–Crippen MR) is 108 cm³/mol. The highest BCUT2D eigenvalue weighted by Crippen LogP contribution is 2.23. The molecular weight excluding hydrogens is 377 g/mol. The van der Waals surface area contributed by atoms with Crippen LogP contribution in [0.15, 0.2) is 54.7 Å². The number of hydrogen-bond acceptors (Lipinski definition) is 7. The number of aryl methyl sites for hydroxylation is 1. The number of benzene rings is 2. The second kappa shape index (κ2) is 9.56. The monoisotopic (exact) mass is 397 g/mol. The van der Waals surface area contributed by atoms with Gasteiger partial charge in [0.1, 0.15) is 0 Å². The van der Waals surface area contributed by atoms with Gasteiger partial charge in [-0.15, -0.1) is 0 Å². The number of anilines is 4. The van der Waals surface area contributed by atoms with Crippen LogP contribution in [0.5, 0.6) is 0 Å². The van der Waals surface area contributed by atoms with E-state index in [0.717, 1.165) is 24.7 Å². The summed E-state index contributed by atoms with van der Waals surface area (Å²) in [6.45, 7) is 0.712. The summed E-state index contributed by atoms with van der Waals surface area (Å²) in [5, 5.41) is 16.7. The second-order valence-corrected chi connectivity index (χ2v) is 6.24. The van der Waals surface area contributed by atoms with E-state index < -0.39 is 10.7 Å². The van der Waals surface area contributed by atoms with E-state index in [9.17, 15) is 14.5 Å². The number of nitrogens with zero attached hydrogens (tertiary/aromatic N) is 3. The van der Waals surface area contributed by atoms with Crippen molar-refractivity contribution in [2.45, 2.75) is 12.8 Å². The van der Waals surface area contributed by atoms with Crippen molar-refractivity contribution in [3.63, 3.8) is 0 Å². The van der Waals surface area contributed by atoms with Crippen molar-refractivity contribution >= 4 is 28.8 Å². The van der Waals surface area contributed by atoms with Crippen molar-refractivity contribution in [1.29, 1.82) is 0 Å². The van der Waals surface area contributed by atoms with Crippen LogP contribution in [0.4, 0.5) is 33.2 Å². The molecule has 0 unspecified atom stereocenters. The fourth-order valence-corrected chi connectivity index (χ4v) is 2.65. The molecule has 0 bridgehead atoms. The zero-order valence-electron chi connectivity index (χ0n) is 15.8. The van der Waals surface area contributed by atoms with E-state index in [-0.39, 0.29) is 17.5 Å². The van der Waals surface area contributed by atoms with Crippen LogP contribution in [-0.2, 0) is 11.2 Å². The molecule has 0 amide bonds. The molecule has 0 aliphatic carbocycles. The van der Waals surface area contributed by atoms with Crippen molar-refractivity contribution < 1.29 is 14.1 Å². The molecule has 3 aromatic rings. The summed E-state index contributed by atoms with van der Waals surface area (Å²) >= 11 is 0. The lowest BCUT2D eigenvalue weighted by Gasteiger charge is -2.10. The Bertz CT molecular complexity index is 982. The third-order valence-electron chi connectivity index (χ3n) is 4.09. The van der Waals surface area contributed by atoms with Crippen LogP contribution in [0.2, 0.25) is 0 Å². The number of non-ortho nitro benzene ring substituents is 1. The Kier molecular flexibility index (Phi) is 6.64. The summed E-state index contributed by atoms with van der Waals surface area (Å²) in [6.07, 6.45) is 2.89. The third-order valence-corrected chi connectivity index (χ3v) is 4.09. The van der Waals surface area contributed by atoms with Gasteiger partial charge < -0.3 is 15.4 Å². The molecule has 29 heavy (non-hydrogen) atoms. The van der Waals surface area contributed by atoms with Gasteiger partial charge >= 0.3 is 0 Å². The Balaban J connectivity index is 1.70. The maximum absolute atomic E-state index is 14.1. The molecule has 0 spiro atoms. The molecule has 0 radical (unpaired) electrons. The van der Waals surface area contributed by atoms with Gasteiger partial charge in [0.05, 0.1) is 11.1 Å². The Labute approximate surface area is 166 Å². The highest BCUT2D eigenvalue weighted by atomic mass is 19.1. The molecule has 0 atom stereocenters. The Hall–Kier alpha value is -3.59. The van der Waals surface area contributed by atoms with Crippen molar-refractivity contribution in [2.75, 3.05) is 24.4 Å². The van der Waals surface area contributed by atoms with E-state index in [1.54, 1.807) is 13.2 Å². The molecule has 2 aromatic carbocycles. The average molecular weight is 397 g/mol. The van der Waals surface area contributed by atoms with Gasteiger partial charge in [-0.1, -0.05) is 18.2 Å². The van der Waals surface area contributed by atoms with Crippen LogP contribution in [0, 0.1) is 15.9 Å². The smallest absolute Gasteiger partial charge is 0.271 e. The zero-order chi connectivity index (χ0) is 20.6. The van der Waals surface area contributed by atoms with E-state index in [0.29, 0.717) is 12.3 Å². The summed E-state index contributed by atoms with van der Waals surface area (Å²) in [5.41, 5.74) is 2.19. The van der Waals surface area contributed by atoms with E-state index in [4.69, 9.17) is 4.74 Å². The van der Waals surface area contributed by atoms with Gasteiger partial charge in [0, 0.05) is 37.2 Å². The number of halogens is 1. The maximum atomic E-state index is 14.1. The number of nitro groups is 1. The molecular formula is C20H20FN5O3. The summed E-state index contributed by atoms with van der Waals surface area (Å²) < 4.78 is 19.1. The van der Waals surface area contributed by atoms with E-state index >= 15 is 0 Å². The molecule has 1 aromatic heterocycles. The molecule has 0 fully saturated rings. The largest absolute Gasteiger partial charge is 0.385 e. The minimum Gasteiger partial charge on any atom is -0.385 e. The van der Waals surface area contributed by atoms with Gasteiger partial charge in [0.15, 0.2) is 11.6 Å². The Morgan fingerprint density at radius 1 is 1.14 bits per heavy atom. The maximum Gasteiger partial charge on any atom is 0.271 e. The van der Waals surface area contributed by atoms with Crippen LogP contribution in [0.1, 0.15) is 12.0 Å². The molecule has 0 aliphatic rings. The van der Waals surface area contributed by atoms with Gasteiger partial charge in [0.2, 0.25) is 5.95 Å². The van der Waals surface area contributed by atoms with Crippen LogP contribution >= 0.6 is 0 Å². The molecule has 3 rings (SSSR count). The van der Waals surface area contributed by atoms with Gasteiger partial charge in [0.25, 0.3) is 5.69 Å². The number of ether oxygens (including phenoxy) is 1.